The van der Waals surface area contributed by atoms with Crippen LogP contribution in [0.2, 0.25) is 0 Å². The van der Waals surface area contributed by atoms with Gasteiger partial charge >= 0.3 is 0 Å². The second kappa shape index (κ2) is 12.2. The van der Waals surface area contributed by atoms with Crippen LogP contribution in [0.1, 0.15) is 33.2 Å². The minimum atomic E-state index is -0.157. The molecule has 0 aliphatic carbocycles. The monoisotopic (exact) mass is 425 g/mol. The SMILES string of the molecule is CCNC(=NCc1ccc(C(=O)N(C)C)cc1)NCCNC(=O)c1cccc(OC)c1. The fourth-order valence-corrected chi connectivity index (χ4v) is 2.75. The quantitative estimate of drug-likeness (QED) is 0.324. The van der Waals surface area contributed by atoms with Crippen molar-refractivity contribution in [1.29, 1.82) is 0 Å². The summed E-state index contributed by atoms with van der Waals surface area (Å²) in [5.41, 5.74) is 2.20. The molecule has 8 nitrogen and oxygen atoms in total. The molecule has 166 valence electrons. The van der Waals surface area contributed by atoms with E-state index in [2.05, 4.69) is 20.9 Å². The van der Waals surface area contributed by atoms with Crippen molar-refractivity contribution in [1.82, 2.24) is 20.9 Å². The summed E-state index contributed by atoms with van der Waals surface area (Å²) in [6.45, 7) is 4.16. The Balaban J connectivity index is 1.84. The van der Waals surface area contributed by atoms with Crippen LogP contribution in [0.15, 0.2) is 53.5 Å². The van der Waals surface area contributed by atoms with E-state index in [0.717, 1.165) is 12.1 Å². The van der Waals surface area contributed by atoms with Crippen molar-refractivity contribution in [3.05, 3.63) is 65.2 Å². The largest absolute Gasteiger partial charge is 0.497 e. The lowest BCUT2D eigenvalue weighted by molar-refractivity contribution is 0.0827. The molecule has 3 N–H and O–H groups in total. The molecule has 0 aliphatic heterocycles. The number of carbonyl (C=O) groups is 2. The molecule has 0 aromatic heterocycles. The highest BCUT2D eigenvalue weighted by atomic mass is 16.5. The number of carbonyl (C=O) groups excluding carboxylic acids is 2. The van der Waals surface area contributed by atoms with Gasteiger partial charge in [0.1, 0.15) is 5.75 Å². The summed E-state index contributed by atoms with van der Waals surface area (Å²) < 4.78 is 5.15. The molecule has 2 aromatic carbocycles. The number of ether oxygens (including phenoxy) is 1. The van der Waals surface area contributed by atoms with Gasteiger partial charge in [0.25, 0.3) is 11.8 Å². The Bertz CT molecular complexity index is 894. The first-order valence-corrected chi connectivity index (χ1v) is 10.2. The fraction of sp³-hybridized carbons (Fsp3) is 0.348. The lowest BCUT2D eigenvalue weighted by atomic mass is 10.1. The molecule has 8 heteroatoms. The molecule has 2 amide bonds. The predicted molar refractivity (Wildman–Crippen MR) is 123 cm³/mol. The normalized spacial score (nSPS) is 10.9. The lowest BCUT2D eigenvalue weighted by Crippen LogP contribution is -2.41. The van der Waals surface area contributed by atoms with E-state index in [1.165, 1.54) is 0 Å². The predicted octanol–water partition coefficient (Wildman–Crippen LogP) is 1.88. The lowest BCUT2D eigenvalue weighted by Gasteiger charge is -2.12. The summed E-state index contributed by atoms with van der Waals surface area (Å²) in [5, 5.41) is 9.26. The Kier molecular flexibility index (Phi) is 9.35. The number of hydrogen-bond donors (Lipinski definition) is 3. The first-order valence-electron chi connectivity index (χ1n) is 10.2. The number of hydrogen-bond acceptors (Lipinski definition) is 4. The Morgan fingerprint density at radius 2 is 1.68 bits per heavy atom. The number of methoxy groups -OCH3 is 1. The van der Waals surface area contributed by atoms with E-state index in [4.69, 9.17) is 4.74 Å². The van der Waals surface area contributed by atoms with Crippen molar-refractivity contribution in [2.45, 2.75) is 13.5 Å². The molecule has 2 rings (SSSR count). The van der Waals surface area contributed by atoms with E-state index in [1.807, 2.05) is 31.2 Å². The molecule has 0 atom stereocenters. The van der Waals surface area contributed by atoms with Crippen LogP contribution >= 0.6 is 0 Å². The molecule has 31 heavy (non-hydrogen) atoms. The highest BCUT2D eigenvalue weighted by molar-refractivity contribution is 5.94. The number of guanidine groups is 1. The van der Waals surface area contributed by atoms with Crippen LogP contribution in [0, 0.1) is 0 Å². The smallest absolute Gasteiger partial charge is 0.253 e. The first-order chi connectivity index (χ1) is 14.9. The van der Waals surface area contributed by atoms with Crippen molar-refractivity contribution in [2.24, 2.45) is 4.99 Å². The summed E-state index contributed by atoms with van der Waals surface area (Å²) >= 11 is 0. The van der Waals surface area contributed by atoms with E-state index in [1.54, 1.807) is 50.4 Å². The van der Waals surface area contributed by atoms with Gasteiger partial charge in [0.15, 0.2) is 5.96 Å². The summed E-state index contributed by atoms with van der Waals surface area (Å²) in [4.78, 5) is 30.3. The van der Waals surface area contributed by atoms with E-state index >= 15 is 0 Å². The van der Waals surface area contributed by atoms with Crippen LogP contribution in [0.5, 0.6) is 5.75 Å². The molecule has 0 bridgehead atoms. The molecule has 0 spiro atoms. The number of rotatable bonds is 9. The maximum Gasteiger partial charge on any atom is 0.253 e. The van der Waals surface area contributed by atoms with Gasteiger partial charge in [0, 0.05) is 44.9 Å². The molecule has 0 unspecified atom stereocenters. The van der Waals surface area contributed by atoms with E-state index in [9.17, 15) is 9.59 Å². The summed E-state index contributed by atoms with van der Waals surface area (Å²) in [6, 6.07) is 14.4. The van der Waals surface area contributed by atoms with Gasteiger partial charge in [-0.3, -0.25) is 9.59 Å². The van der Waals surface area contributed by atoms with Gasteiger partial charge in [-0.25, -0.2) is 4.99 Å². The first kappa shape index (κ1) is 23.7. The Hall–Kier alpha value is -3.55. The van der Waals surface area contributed by atoms with Crippen LogP contribution in [0.3, 0.4) is 0 Å². The maximum atomic E-state index is 12.2. The van der Waals surface area contributed by atoms with Gasteiger partial charge in [-0.2, -0.15) is 0 Å². The van der Waals surface area contributed by atoms with Crippen LogP contribution in [0.25, 0.3) is 0 Å². The summed E-state index contributed by atoms with van der Waals surface area (Å²) in [5.74, 6) is 1.12. The fourth-order valence-electron chi connectivity index (χ4n) is 2.75. The third-order valence-electron chi connectivity index (χ3n) is 4.41. The van der Waals surface area contributed by atoms with Gasteiger partial charge in [0.05, 0.1) is 13.7 Å². The Morgan fingerprint density at radius 3 is 2.32 bits per heavy atom. The average molecular weight is 426 g/mol. The van der Waals surface area contributed by atoms with Crippen LogP contribution in [0.4, 0.5) is 0 Å². The van der Waals surface area contributed by atoms with E-state index in [0.29, 0.717) is 42.5 Å². The molecule has 0 radical (unpaired) electrons. The van der Waals surface area contributed by atoms with E-state index in [-0.39, 0.29) is 11.8 Å². The van der Waals surface area contributed by atoms with Gasteiger partial charge < -0.3 is 25.6 Å². The number of amides is 2. The van der Waals surface area contributed by atoms with Crippen molar-refractivity contribution in [2.75, 3.05) is 40.8 Å². The molecule has 0 saturated heterocycles. The second-order valence-corrected chi connectivity index (χ2v) is 7.01. The van der Waals surface area contributed by atoms with Crippen molar-refractivity contribution >= 4 is 17.8 Å². The standard InChI is InChI=1S/C23H31N5O3/c1-5-24-23(27-16-17-9-11-18(12-10-17)22(30)28(2)3)26-14-13-25-21(29)19-7-6-8-20(15-19)31-4/h6-12,15H,5,13-14,16H2,1-4H3,(H,25,29)(H2,24,26,27). The van der Waals surface area contributed by atoms with Crippen molar-refractivity contribution in [3.63, 3.8) is 0 Å². The van der Waals surface area contributed by atoms with Crippen molar-refractivity contribution < 1.29 is 14.3 Å². The van der Waals surface area contributed by atoms with Gasteiger partial charge in [-0.05, 0) is 42.8 Å². The number of nitrogens with zero attached hydrogens (tertiary/aromatic N) is 2. The number of aliphatic imine (C=N–C) groups is 1. The molecule has 2 aromatic rings. The van der Waals surface area contributed by atoms with Crippen LogP contribution in [-0.4, -0.2) is 63.5 Å². The molecule has 0 heterocycles. The third-order valence-corrected chi connectivity index (χ3v) is 4.41. The van der Waals surface area contributed by atoms with Crippen LogP contribution < -0.4 is 20.7 Å². The third kappa shape index (κ3) is 7.65. The minimum Gasteiger partial charge on any atom is -0.497 e. The molecule has 0 saturated carbocycles. The summed E-state index contributed by atoms with van der Waals surface area (Å²) in [6.07, 6.45) is 0. The molecule has 0 fully saturated rings. The Labute approximate surface area is 183 Å². The highest BCUT2D eigenvalue weighted by Gasteiger charge is 2.08. The zero-order chi connectivity index (χ0) is 22.6. The van der Waals surface area contributed by atoms with Crippen molar-refractivity contribution in [3.8, 4) is 5.75 Å². The number of nitrogens with one attached hydrogen (secondary N) is 3. The molecular formula is C23H31N5O3. The molecule has 0 aliphatic rings. The average Bonchev–Trinajstić information content (AvgIpc) is 2.79. The number of benzene rings is 2. The van der Waals surface area contributed by atoms with Gasteiger partial charge in [-0.1, -0.05) is 18.2 Å². The summed E-state index contributed by atoms with van der Waals surface area (Å²) in [7, 11) is 5.03. The van der Waals surface area contributed by atoms with Gasteiger partial charge in [-0.15, -0.1) is 0 Å². The topological polar surface area (TPSA) is 95.1 Å². The zero-order valence-electron chi connectivity index (χ0n) is 18.6. The Morgan fingerprint density at radius 1 is 0.968 bits per heavy atom. The van der Waals surface area contributed by atoms with Crippen LogP contribution in [-0.2, 0) is 6.54 Å². The second-order valence-electron chi connectivity index (χ2n) is 7.01. The highest BCUT2D eigenvalue weighted by Crippen LogP contribution is 2.12. The molecular weight excluding hydrogens is 394 g/mol. The minimum absolute atomic E-state index is 0.0268. The maximum absolute atomic E-state index is 12.2. The van der Waals surface area contributed by atoms with Gasteiger partial charge in [0.2, 0.25) is 0 Å². The zero-order valence-corrected chi connectivity index (χ0v) is 18.6. The van der Waals surface area contributed by atoms with E-state index < -0.39 is 0 Å².